The lowest BCUT2D eigenvalue weighted by Gasteiger charge is -2.65. The van der Waals surface area contributed by atoms with Crippen LogP contribution in [0.4, 0.5) is 0 Å². The second-order valence-corrected chi connectivity index (χ2v) is 10.7. The molecule has 3 aliphatic rings. The van der Waals surface area contributed by atoms with Crippen LogP contribution in [0.15, 0.2) is 23.1 Å². The van der Waals surface area contributed by atoms with E-state index in [-0.39, 0.29) is 39.4 Å². The number of hydrogen-bond donors (Lipinski definition) is 1. The lowest BCUT2D eigenvalue weighted by molar-refractivity contribution is -0.185. The Morgan fingerprint density at radius 2 is 1.97 bits per heavy atom. The van der Waals surface area contributed by atoms with E-state index in [1.54, 1.807) is 12.0 Å². The van der Waals surface area contributed by atoms with Crippen molar-refractivity contribution in [3.05, 3.63) is 28.2 Å². The summed E-state index contributed by atoms with van der Waals surface area (Å²) in [5.41, 5.74) is -0.509. The largest absolute Gasteiger partial charge is 0.396 e. The molecule has 29 heavy (non-hydrogen) atoms. The maximum Gasteiger partial charge on any atom is 0.244 e. The number of rotatable bonds is 6. The zero-order valence-corrected chi connectivity index (χ0v) is 18.4. The van der Waals surface area contributed by atoms with E-state index in [0.717, 1.165) is 12.8 Å². The van der Waals surface area contributed by atoms with Gasteiger partial charge < -0.3 is 14.7 Å². The first-order chi connectivity index (χ1) is 13.8. The molecule has 1 aromatic carbocycles. The van der Waals surface area contributed by atoms with Gasteiger partial charge in [0.05, 0.1) is 11.5 Å². The number of methoxy groups -OCH3 is 1. The molecule has 7 nitrogen and oxygen atoms in total. The molecule has 1 amide bonds. The van der Waals surface area contributed by atoms with Gasteiger partial charge in [0.15, 0.2) is 0 Å². The number of sulfonamides is 1. The van der Waals surface area contributed by atoms with Gasteiger partial charge in [-0.3, -0.25) is 4.79 Å². The molecular formula is C19H24Cl2N2O5S. The molecule has 0 radical (unpaired) electrons. The molecule has 1 aliphatic carbocycles. The highest BCUT2D eigenvalue weighted by Crippen LogP contribution is 2.62. The molecule has 4 rings (SSSR count). The predicted octanol–water partition coefficient (Wildman–Crippen LogP) is 2.00. The highest BCUT2D eigenvalue weighted by atomic mass is 35.5. The van der Waals surface area contributed by atoms with Crippen LogP contribution < -0.4 is 0 Å². The lowest BCUT2D eigenvalue weighted by atomic mass is 9.58. The molecule has 3 unspecified atom stereocenters. The number of hydrogen-bond acceptors (Lipinski definition) is 5. The SMILES string of the molecule is COCCN1C[C@H](CO)C23CCCC2N(S(=O)(=O)c2cc(Cl)cc(Cl)c2)C3C1=O. The van der Waals surface area contributed by atoms with Gasteiger partial charge in [0, 0.05) is 54.2 Å². The molecule has 1 N–H and O–H groups in total. The highest BCUT2D eigenvalue weighted by molar-refractivity contribution is 7.89. The first-order valence-electron chi connectivity index (χ1n) is 9.65. The summed E-state index contributed by atoms with van der Waals surface area (Å²) in [6.07, 6.45) is 2.23. The number of amides is 1. The minimum absolute atomic E-state index is 0.0159. The zero-order chi connectivity index (χ0) is 21.0. The molecule has 2 saturated heterocycles. The van der Waals surface area contributed by atoms with Crippen molar-refractivity contribution in [2.45, 2.75) is 36.2 Å². The van der Waals surface area contributed by atoms with Crippen LogP contribution in [0, 0.1) is 11.3 Å². The molecule has 10 heteroatoms. The number of likely N-dealkylation sites (tertiary alicyclic amines) is 1. The standard InChI is InChI=1S/C19H24Cl2N2O5S/c1-28-6-5-22-10-12(11-24)19-4-2-3-16(19)23(17(19)18(22)25)29(26,27)15-8-13(20)7-14(21)9-15/h7-9,12,16-17,24H,2-6,10-11H2,1H3/t12-,16?,17?,19?/m1/s1. The van der Waals surface area contributed by atoms with Gasteiger partial charge in [-0.1, -0.05) is 29.6 Å². The van der Waals surface area contributed by atoms with Crippen LogP contribution in [-0.2, 0) is 19.6 Å². The number of benzene rings is 1. The number of nitrogens with zero attached hydrogens (tertiary/aromatic N) is 2. The second-order valence-electron chi connectivity index (χ2n) is 8.02. The van der Waals surface area contributed by atoms with Crippen LogP contribution >= 0.6 is 23.2 Å². The molecule has 0 bridgehead atoms. The van der Waals surface area contributed by atoms with Crippen molar-refractivity contribution < 1.29 is 23.1 Å². The smallest absolute Gasteiger partial charge is 0.244 e. The van der Waals surface area contributed by atoms with Crippen LogP contribution in [0.3, 0.4) is 0 Å². The van der Waals surface area contributed by atoms with Crippen molar-refractivity contribution in [1.82, 2.24) is 9.21 Å². The molecule has 2 aliphatic heterocycles. The van der Waals surface area contributed by atoms with E-state index in [2.05, 4.69) is 0 Å². The molecule has 3 fully saturated rings. The number of carbonyl (C=O) groups excluding carboxylic acids is 1. The van der Waals surface area contributed by atoms with Gasteiger partial charge in [0.2, 0.25) is 15.9 Å². The Labute approximate surface area is 180 Å². The third-order valence-corrected chi connectivity index (χ3v) is 9.01. The Kier molecular flexibility index (Phi) is 5.63. The molecule has 1 aromatic rings. The van der Waals surface area contributed by atoms with E-state index in [4.69, 9.17) is 27.9 Å². The van der Waals surface area contributed by atoms with E-state index in [1.807, 2.05) is 0 Å². The number of halogens is 2. The fourth-order valence-electron chi connectivity index (χ4n) is 5.53. The first kappa shape index (κ1) is 21.3. The summed E-state index contributed by atoms with van der Waals surface area (Å²) in [4.78, 5) is 14.9. The third-order valence-electron chi connectivity index (χ3n) is 6.72. The minimum atomic E-state index is -3.98. The summed E-state index contributed by atoms with van der Waals surface area (Å²) in [5.74, 6) is -0.384. The predicted molar refractivity (Wildman–Crippen MR) is 108 cm³/mol. The van der Waals surface area contributed by atoms with E-state index in [9.17, 15) is 18.3 Å². The Balaban J connectivity index is 1.76. The molecule has 160 valence electrons. The Hall–Kier alpha value is -0.900. The number of aliphatic hydroxyl groups is 1. The van der Waals surface area contributed by atoms with Gasteiger partial charge in [0.25, 0.3) is 0 Å². The van der Waals surface area contributed by atoms with Crippen molar-refractivity contribution in [3.63, 3.8) is 0 Å². The van der Waals surface area contributed by atoms with Crippen molar-refractivity contribution in [1.29, 1.82) is 0 Å². The van der Waals surface area contributed by atoms with Crippen LogP contribution in [0.5, 0.6) is 0 Å². The summed E-state index contributed by atoms with van der Waals surface area (Å²) < 4.78 is 33.5. The van der Waals surface area contributed by atoms with Gasteiger partial charge in [-0.2, -0.15) is 4.31 Å². The van der Waals surface area contributed by atoms with Crippen LogP contribution in [0.2, 0.25) is 10.0 Å². The number of piperidine rings is 1. The maximum absolute atomic E-state index is 13.5. The molecular weight excluding hydrogens is 439 g/mol. The molecule has 2 heterocycles. The average Bonchev–Trinajstić information content (AvgIpc) is 2.98. The van der Waals surface area contributed by atoms with E-state index in [0.29, 0.717) is 26.1 Å². The zero-order valence-electron chi connectivity index (χ0n) is 16.1. The normalized spacial score (nSPS) is 32.1. The van der Waals surface area contributed by atoms with Crippen LogP contribution in [-0.4, -0.2) is 74.1 Å². The summed E-state index contributed by atoms with van der Waals surface area (Å²) in [7, 11) is -2.43. The summed E-state index contributed by atoms with van der Waals surface area (Å²) in [6, 6.07) is 3.06. The number of carbonyl (C=O) groups is 1. The van der Waals surface area contributed by atoms with Crippen molar-refractivity contribution in [2.24, 2.45) is 11.3 Å². The van der Waals surface area contributed by atoms with Gasteiger partial charge >= 0.3 is 0 Å². The highest BCUT2D eigenvalue weighted by Gasteiger charge is 2.73. The van der Waals surface area contributed by atoms with Gasteiger partial charge in [-0.05, 0) is 31.0 Å². The molecule has 0 aromatic heterocycles. The average molecular weight is 463 g/mol. The maximum atomic E-state index is 13.5. The quantitative estimate of drug-likeness (QED) is 0.698. The first-order valence-corrected chi connectivity index (χ1v) is 11.8. The van der Waals surface area contributed by atoms with Crippen molar-refractivity contribution in [3.8, 4) is 0 Å². The Bertz CT molecular complexity index is 907. The summed E-state index contributed by atoms with van der Waals surface area (Å²) >= 11 is 12.1. The lowest BCUT2D eigenvalue weighted by Crippen LogP contribution is -2.80. The summed E-state index contributed by atoms with van der Waals surface area (Å²) in [5, 5.41) is 10.5. The number of ether oxygens (including phenoxy) is 1. The molecule has 1 spiro atoms. The Morgan fingerprint density at radius 1 is 1.28 bits per heavy atom. The molecule has 1 saturated carbocycles. The third kappa shape index (κ3) is 3.11. The van der Waals surface area contributed by atoms with Crippen LogP contribution in [0.25, 0.3) is 0 Å². The molecule has 4 atom stereocenters. The van der Waals surface area contributed by atoms with Gasteiger partial charge in [-0.25, -0.2) is 8.42 Å². The Morgan fingerprint density at radius 3 is 2.59 bits per heavy atom. The van der Waals surface area contributed by atoms with E-state index in [1.165, 1.54) is 22.5 Å². The van der Waals surface area contributed by atoms with Crippen molar-refractivity contribution in [2.75, 3.05) is 33.4 Å². The van der Waals surface area contributed by atoms with Gasteiger partial charge in [0.1, 0.15) is 6.04 Å². The number of aliphatic hydroxyl groups excluding tert-OH is 1. The van der Waals surface area contributed by atoms with Gasteiger partial charge in [-0.15, -0.1) is 0 Å². The summed E-state index contributed by atoms with van der Waals surface area (Å²) in [6.45, 7) is 1.05. The van der Waals surface area contributed by atoms with E-state index >= 15 is 0 Å². The van der Waals surface area contributed by atoms with Crippen molar-refractivity contribution >= 4 is 39.1 Å². The second kappa shape index (κ2) is 7.66. The topological polar surface area (TPSA) is 87.2 Å². The fourth-order valence-corrected chi connectivity index (χ4v) is 8.18. The fraction of sp³-hybridized carbons (Fsp3) is 0.632. The van der Waals surface area contributed by atoms with Crippen LogP contribution in [0.1, 0.15) is 19.3 Å². The minimum Gasteiger partial charge on any atom is -0.396 e. The monoisotopic (exact) mass is 462 g/mol. The van der Waals surface area contributed by atoms with E-state index < -0.39 is 21.5 Å².